The summed E-state index contributed by atoms with van der Waals surface area (Å²) in [6.45, 7) is 4.23. The van der Waals surface area contributed by atoms with Gasteiger partial charge in [0.1, 0.15) is 0 Å². The van der Waals surface area contributed by atoms with Crippen LogP contribution in [-0.4, -0.2) is 0 Å². The van der Waals surface area contributed by atoms with E-state index >= 15 is 0 Å². The van der Waals surface area contributed by atoms with Crippen LogP contribution in [0.2, 0.25) is 10.0 Å². The van der Waals surface area contributed by atoms with E-state index in [0.717, 1.165) is 12.0 Å². The van der Waals surface area contributed by atoms with Crippen molar-refractivity contribution < 1.29 is 0 Å². The molecule has 2 unspecified atom stereocenters. The van der Waals surface area contributed by atoms with E-state index in [1.807, 2.05) is 18.2 Å². The molecule has 0 radical (unpaired) electrons. The van der Waals surface area contributed by atoms with Gasteiger partial charge in [-0.15, -0.1) is 0 Å². The molecular formula is C11H16Cl2N2. The lowest BCUT2D eigenvalue weighted by Gasteiger charge is -2.24. The number of hydrogen-bond donors (Lipinski definition) is 2. The summed E-state index contributed by atoms with van der Waals surface area (Å²) in [6, 6.07) is 5.49. The average Bonchev–Trinajstić information content (AvgIpc) is 2.22. The SMILES string of the molecule is CCC(C)C(NN)c1c(Cl)cccc1Cl. The zero-order valence-electron chi connectivity index (χ0n) is 8.93. The van der Waals surface area contributed by atoms with Gasteiger partial charge < -0.3 is 0 Å². The molecule has 4 heteroatoms. The van der Waals surface area contributed by atoms with Gasteiger partial charge >= 0.3 is 0 Å². The van der Waals surface area contributed by atoms with Gasteiger partial charge in [-0.25, -0.2) is 0 Å². The van der Waals surface area contributed by atoms with Gasteiger partial charge in [-0.3, -0.25) is 11.3 Å². The largest absolute Gasteiger partial charge is 0.271 e. The van der Waals surface area contributed by atoms with Crippen LogP contribution in [0, 0.1) is 5.92 Å². The number of halogens is 2. The molecule has 2 nitrogen and oxygen atoms in total. The Hall–Kier alpha value is -0.280. The lowest BCUT2D eigenvalue weighted by atomic mass is 9.93. The Morgan fingerprint density at radius 2 is 1.87 bits per heavy atom. The smallest absolute Gasteiger partial charge is 0.0514 e. The molecule has 1 aromatic carbocycles. The Morgan fingerprint density at radius 1 is 1.33 bits per heavy atom. The summed E-state index contributed by atoms with van der Waals surface area (Å²) in [7, 11) is 0. The highest BCUT2D eigenvalue weighted by molar-refractivity contribution is 6.36. The normalized spacial score (nSPS) is 15.0. The second-order valence-corrected chi connectivity index (χ2v) is 4.48. The first kappa shape index (κ1) is 12.8. The summed E-state index contributed by atoms with van der Waals surface area (Å²) < 4.78 is 0. The van der Waals surface area contributed by atoms with Crippen molar-refractivity contribution in [3.8, 4) is 0 Å². The highest BCUT2D eigenvalue weighted by Gasteiger charge is 2.21. The number of rotatable bonds is 4. The predicted octanol–water partition coefficient (Wildman–Crippen LogP) is 3.54. The molecule has 15 heavy (non-hydrogen) atoms. The van der Waals surface area contributed by atoms with Crippen LogP contribution in [0.4, 0.5) is 0 Å². The summed E-state index contributed by atoms with van der Waals surface area (Å²) in [5, 5.41) is 1.32. The number of nitrogens with one attached hydrogen (secondary N) is 1. The van der Waals surface area contributed by atoms with Crippen LogP contribution in [0.25, 0.3) is 0 Å². The minimum atomic E-state index is -0.00352. The molecule has 0 aliphatic rings. The Morgan fingerprint density at radius 3 is 2.27 bits per heavy atom. The predicted molar refractivity (Wildman–Crippen MR) is 66.0 cm³/mol. The maximum absolute atomic E-state index is 6.12. The minimum absolute atomic E-state index is 0.00352. The zero-order valence-corrected chi connectivity index (χ0v) is 10.4. The van der Waals surface area contributed by atoms with E-state index < -0.39 is 0 Å². The fourth-order valence-corrected chi connectivity index (χ4v) is 2.21. The summed E-state index contributed by atoms with van der Waals surface area (Å²) in [4.78, 5) is 0. The molecule has 0 heterocycles. The van der Waals surface area contributed by atoms with E-state index in [1.165, 1.54) is 0 Å². The van der Waals surface area contributed by atoms with Gasteiger partial charge in [0.2, 0.25) is 0 Å². The highest BCUT2D eigenvalue weighted by Crippen LogP contribution is 2.34. The van der Waals surface area contributed by atoms with E-state index in [1.54, 1.807) is 0 Å². The van der Waals surface area contributed by atoms with Crippen molar-refractivity contribution >= 4 is 23.2 Å². The van der Waals surface area contributed by atoms with Gasteiger partial charge in [-0.05, 0) is 18.1 Å². The molecule has 1 aromatic rings. The molecular weight excluding hydrogens is 231 g/mol. The van der Waals surface area contributed by atoms with Crippen LogP contribution >= 0.6 is 23.2 Å². The second kappa shape index (κ2) is 5.71. The molecule has 1 rings (SSSR count). The number of hydrogen-bond acceptors (Lipinski definition) is 2. The van der Waals surface area contributed by atoms with Gasteiger partial charge in [-0.1, -0.05) is 49.5 Å². The molecule has 0 fully saturated rings. The molecule has 0 amide bonds. The summed E-state index contributed by atoms with van der Waals surface area (Å²) in [6.07, 6.45) is 1.01. The monoisotopic (exact) mass is 246 g/mol. The molecule has 0 bridgehead atoms. The molecule has 0 spiro atoms. The van der Waals surface area contributed by atoms with Crippen molar-refractivity contribution in [2.75, 3.05) is 0 Å². The molecule has 0 aromatic heterocycles. The lowest BCUT2D eigenvalue weighted by Crippen LogP contribution is -2.32. The number of nitrogens with two attached hydrogens (primary N) is 1. The molecule has 84 valence electrons. The average molecular weight is 247 g/mol. The van der Waals surface area contributed by atoms with Gasteiger partial charge in [0.15, 0.2) is 0 Å². The van der Waals surface area contributed by atoms with Crippen molar-refractivity contribution in [3.63, 3.8) is 0 Å². The first-order valence-corrected chi connectivity index (χ1v) is 5.77. The molecule has 3 N–H and O–H groups in total. The van der Waals surface area contributed by atoms with E-state index in [4.69, 9.17) is 29.0 Å². The molecule has 0 aliphatic carbocycles. The van der Waals surface area contributed by atoms with Crippen molar-refractivity contribution in [3.05, 3.63) is 33.8 Å². The minimum Gasteiger partial charge on any atom is -0.271 e. The maximum Gasteiger partial charge on any atom is 0.0514 e. The van der Waals surface area contributed by atoms with E-state index in [9.17, 15) is 0 Å². The van der Waals surface area contributed by atoms with E-state index in [-0.39, 0.29) is 6.04 Å². The Balaban J connectivity index is 3.11. The van der Waals surface area contributed by atoms with Crippen molar-refractivity contribution in [1.82, 2.24) is 5.43 Å². The van der Waals surface area contributed by atoms with Gasteiger partial charge in [-0.2, -0.15) is 0 Å². The van der Waals surface area contributed by atoms with Gasteiger partial charge in [0, 0.05) is 15.6 Å². The summed E-state index contributed by atoms with van der Waals surface area (Å²) in [5.41, 5.74) is 3.67. The van der Waals surface area contributed by atoms with Gasteiger partial charge in [0.25, 0.3) is 0 Å². The topological polar surface area (TPSA) is 38.0 Å². The second-order valence-electron chi connectivity index (χ2n) is 3.67. The standard InChI is InChI=1S/C11H16Cl2N2/c1-3-7(2)11(15-14)10-8(12)5-4-6-9(10)13/h4-7,11,15H,3,14H2,1-2H3. The Bertz CT molecular complexity index is 308. The fraction of sp³-hybridized carbons (Fsp3) is 0.455. The van der Waals surface area contributed by atoms with Gasteiger partial charge in [0.05, 0.1) is 6.04 Å². The summed E-state index contributed by atoms with van der Waals surface area (Å²) in [5.74, 6) is 5.93. The van der Waals surface area contributed by atoms with Crippen LogP contribution in [-0.2, 0) is 0 Å². The van der Waals surface area contributed by atoms with Crippen LogP contribution in [0.15, 0.2) is 18.2 Å². The number of benzene rings is 1. The molecule has 0 aliphatic heterocycles. The lowest BCUT2D eigenvalue weighted by molar-refractivity contribution is 0.383. The van der Waals surface area contributed by atoms with Crippen LogP contribution < -0.4 is 11.3 Å². The maximum atomic E-state index is 6.12. The first-order valence-electron chi connectivity index (χ1n) is 5.01. The Kier molecular flexibility index (Phi) is 4.87. The van der Waals surface area contributed by atoms with Crippen molar-refractivity contribution in [1.29, 1.82) is 0 Å². The highest BCUT2D eigenvalue weighted by atomic mass is 35.5. The molecule has 2 atom stereocenters. The third kappa shape index (κ3) is 2.85. The fourth-order valence-electron chi connectivity index (χ4n) is 1.58. The third-order valence-corrected chi connectivity index (χ3v) is 3.36. The number of hydrazine groups is 1. The zero-order chi connectivity index (χ0) is 11.4. The quantitative estimate of drug-likeness (QED) is 0.630. The van der Waals surface area contributed by atoms with E-state index in [2.05, 4.69) is 19.3 Å². The van der Waals surface area contributed by atoms with E-state index in [0.29, 0.717) is 16.0 Å². The Labute approximate surface area is 101 Å². The third-order valence-electron chi connectivity index (χ3n) is 2.70. The van der Waals surface area contributed by atoms with Crippen LogP contribution in [0.1, 0.15) is 31.9 Å². The molecule has 0 saturated heterocycles. The van der Waals surface area contributed by atoms with Crippen molar-refractivity contribution in [2.24, 2.45) is 11.8 Å². The first-order chi connectivity index (χ1) is 7.11. The molecule has 0 saturated carbocycles. The van der Waals surface area contributed by atoms with Crippen LogP contribution in [0.3, 0.4) is 0 Å². The van der Waals surface area contributed by atoms with Crippen molar-refractivity contribution in [2.45, 2.75) is 26.3 Å². The summed E-state index contributed by atoms with van der Waals surface area (Å²) >= 11 is 12.2. The van der Waals surface area contributed by atoms with Crippen LogP contribution in [0.5, 0.6) is 0 Å².